The SMILES string of the molecule is CCC(NC1CCCC1S(C)(=O)=O)c1ccccc1OC. The number of benzene rings is 1. The number of ether oxygens (including phenoxy) is 1. The Labute approximate surface area is 127 Å². The van der Waals surface area contributed by atoms with E-state index in [1.165, 1.54) is 6.26 Å². The van der Waals surface area contributed by atoms with Crippen molar-refractivity contribution in [2.75, 3.05) is 13.4 Å². The lowest BCUT2D eigenvalue weighted by atomic mass is 10.0. The number of methoxy groups -OCH3 is 1. The van der Waals surface area contributed by atoms with Crippen molar-refractivity contribution in [2.24, 2.45) is 0 Å². The van der Waals surface area contributed by atoms with Crippen molar-refractivity contribution in [3.8, 4) is 5.75 Å². The highest BCUT2D eigenvalue weighted by atomic mass is 32.2. The second kappa shape index (κ2) is 6.79. The molecule has 3 atom stereocenters. The third-order valence-corrected chi connectivity index (χ3v) is 6.00. The number of nitrogens with one attached hydrogen (secondary N) is 1. The van der Waals surface area contributed by atoms with Gasteiger partial charge in [-0.3, -0.25) is 0 Å². The molecule has 0 aromatic heterocycles. The normalized spacial score (nSPS) is 24.0. The van der Waals surface area contributed by atoms with Crippen LogP contribution in [0.25, 0.3) is 0 Å². The minimum Gasteiger partial charge on any atom is -0.496 e. The first kappa shape index (κ1) is 16.3. The highest BCUT2D eigenvalue weighted by Gasteiger charge is 2.36. The van der Waals surface area contributed by atoms with Crippen LogP contribution in [0.3, 0.4) is 0 Å². The molecule has 0 aliphatic heterocycles. The lowest BCUT2D eigenvalue weighted by molar-refractivity contribution is 0.382. The minimum absolute atomic E-state index is 0.0369. The Balaban J connectivity index is 2.19. The summed E-state index contributed by atoms with van der Waals surface area (Å²) < 4.78 is 29.2. The summed E-state index contributed by atoms with van der Waals surface area (Å²) in [6.45, 7) is 2.11. The van der Waals surface area contributed by atoms with Crippen molar-refractivity contribution in [2.45, 2.75) is 49.9 Å². The first-order valence-electron chi connectivity index (χ1n) is 7.55. The molecular formula is C16H25NO3S. The zero-order valence-electron chi connectivity index (χ0n) is 13.0. The third-order valence-electron chi connectivity index (χ3n) is 4.34. The topological polar surface area (TPSA) is 55.4 Å². The van der Waals surface area contributed by atoms with Crippen molar-refractivity contribution >= 4 is 9.84 Å². The van der Waals surface area contributed by atoms with E-state index in [0.717, 1.165) is 37.0 Å². The Kier molecular flexibility index (Phi) is 5.27. The molecule has 1 aromatic rings. The van der Waals surface area contributed by atoms with Gasteiger partial charge in [0, 0.05) is 23.9 Å². The van der Waals surface area contributed by atoms with Crippen LogP contribution in [-0.2, 0) is 9.84 Å². The Hall–Kier alpha value is -1.07. The molecule has 1 saturated carbocycles. The molecule has 1 aliphatic carbocycles. The first-order valence-corrected chi connectivity index (χ1v) is 9.50. The zero-order chi connectivity index (χ0) is 15.5. The molecule has 21 heavy (non-hydrogen) atoms. The number of rotatable bonds is 6. The molecule has 0 amide bonds. The molecule has 5 heteroatoms. The molecule has 0 bridgehead atoms. The Bertz CT molecular complexity index is 571. The van der Waals surface area contributed by atoms with Gasteiger partial charge in [0.25, 0.3) is 0 Å². The molecule has 0 spiro atoms. The fourth-order valence-electron chi connectivity index (χ4n) is 3.27. The van der Waals surface area contributed by atoms with Gasteiger partial charge in [0.15, 0.2) is 9.84 Å². The fourth-order valence-corrected chi connectivity index (χ4v) is 4.68. The van der Waals surface area contributed by atoms with Crippen LogP contribution in [0.2, 0.25) is 0 Å². The van der Waals surface area contributed by atoms with E-state index < -0.39 is 9.84 Å². The van der Waals surface area contributed by atoms with Gasteiger partial charge >= 0.3 is 0 Å². The maximum absolute atomic E-state index is 11.9. The quantitative estimate of drug-likeness (QED) is 0.877. The molecule has 1 aliphatic rings. The van der Waals surface area contributed by atoms with Gasteiger partial charge in [-0.2, -0.15) is 0 Å². The van der Waals surface area contributed by atoms with Gasteiger partial charge in [-0.15, -0.1) is 0 Å². The minimum atomic E-state index is -3.00. The molecule has 1 N–H and O–H groups in total. The molecule has 118 valence electrons. The largest absolute Gasteiger partial charge is 0.496 e. The summed E-state index contributed by atoms with van der Waals surface area (Å²) in [6, 6.07) is 8.09. The van der Waals surface area contributed by atoms with Crippen LogP contribution in [0.15, 0.2) is 24.3 Å². The number of para-hydroxylation sites is 1. The molecule has 1 fully saturated rings. The summed E-state index contributed by atoms with van der Waals surface area (Å²) in [7, 11) is -1.33. The molecule has 0 saturated heterocycles. The van der Waals surface area contributed by atoms with E-state index >= 15 is 0 Å². The van der Waals surface area contributed by atoms with Crippen LogP contribution in [-0.4, -0.2) is 33.1 Å². The maximum atomic E-state index is 11.9. The summed E-state index contributed by atoms with van der Waals surface area (Å²) in [5.41, 5.74) is 1.10. The summed E-state index contributed by atoms with van der Waals surface area (Å²) in [5, 5.41) is 3.29. The third kappa shape index (κ3) is 3.77. The molecule has 3 unspecified atom stereocenters. The van der Waals surface area contributed by atoms with Crippen LogP contribution in [0.5, 0.6) is 5.75 Å². The number of hydrogen-bond acceptors (Lipinski definition) is 4. The maximum Gasteiger partial charge on any atom is 0.151 e. The van der Waals surface area contributed by atoms with Gasteiger partial charge in [-0.25, -0.2) is 8.42 Å². The van der Waals surface area contributed by atoms with Gasteiger partial charge in [-0.05, 0) is 25.3 Å². The van der Waals surface area contributed by atoms with E-state index in [-0.39, 0.29) is 17.3 Å². The summed E-state index contributed by atoms with van der Waals surface area (Å²) in [5.74, 6) is 0.853. The van der Waals surface area contributed by atoms with Crippen LogP contribution in [0.1, 0.15) is 44.2 Å². The smallest absolute Gasteiger partial charge is 0.151 e. The Morgan fingerprint density at radius 3 is 2.67 bits per heavy atom. The van der Waals surface area contributed by atoms with Crippen molar-refractivity contribution < 1.29 is 13.2 Å². The second-order valence-corrected chi connectivity index (χ2v) is 8.04. The van der Waals surface area contributed by atoms with Crippen molar-refractivity contribution in [1.82, 2.24) is 5.32 Å². The summed E-state index contributed by atoms with van der Waals surface area (Å²) in [4.78, 5) is 0. The van der Waals surface area contributed by atoms with Gasteiger partial charge < -0.3 is 10.1 Å². The van der Waals surface area contributed by atoms with Crippen molar-refractivity contribution in [3.63, 3.8) is 0 Å². The number of sulfone groups is 1. The Morgan fingerprint density at radius 2 is 2.05 bits per heavy atom. The average molecular weight is 311 g/mol. The standard InChI is InChI=1S/C16H25NO3S/c1-4-13(12-8-5-6-10-15(12)20-2)17-14-9-7-11-16(14)21(3,18)19/h5-6,8,10,13-14,16-17H,4,7,9,11H2,1-3H3. The van der Waals surface area contributed by atoms with Gasteiger partial charge in [0.1, 0.15) is 5.75 Å². The lowest BCUT2D eigenvalue weighted by Gasteiger charge is -2.27. The highest BCUT2D eigenvalue weighted by Crippen LogP contribution is 2.31. The van der Waals surface area contributed by atoms with Gasteiger partial charge in [0.05, 0.1) is 12.4 Å². The molecular weight excluding hydrogens is 286 g/mol. The van der Waals surface area contributed by atoms with Crippen LogP contribution >= 0.6 is 0 Å². The fraction of sp³-hybridized carbons (Fsp3) is 0.625. The molecule has 0 heterocycles. The van der Waals surface area contributed by atoms with E-state index in [9.17, 15) is 8.42 Å². The van der Waals surface area contributed by atoms with Crippen LogP contribution < -0.4 is 10.1 Å². The van der Waals surface area contributed by atoms with Crippen molar-refractivity contribution in [1.29, 1.82) is 0 Å². The monoisotopic (exact) mass is 311 g/mol. The van der Waals surface area contributed by atoms with Crippen LogP contribution in [0.4, 0.5) is 0 Å². The Morgan fingerprint density at radius 1 is 1.33 bits per heavy atom. The summed E-state index contributed by atoms with van der Waals surface area (Å²) >= 11 is 0. The summed E-state index contributed by atoms with van der Waals surface area (Å²) in [6.07, 6.45) is 4.90. The highest BCUT2D eigenvalue weighted by molar-refractivity contribution is 7.91. The molecule has 4 nitrogen and oxygen atoms in total. The molecule has 0 radical (unpaired) electrons. The van der Waals surface area contributed by atoms with Crippen molar-refractivity contribution in [3.05, 3.63) is 29.8 Å². The molecule has 1 aromatic carbocycles. The first-order chi connectivity index (χ1) is 9.97. The zero-order valence-corrected chi connectivity index (χ0v) is 13.8. The van der Waals surface area contributed by atoms with E-state index in [1.54, 1.807) is 7.11 Å². The second-order valence-electron chi connectivity index (χ2n) is 5.77. The van der Waals surface area contributed by atoms with E-state index in [0.29, 0.717) is 0 Å². The lowest BCUT2D eigenvalue weighted by Crippen LogP contribution is -2.41. The van der Waals surface area contributed by atoms with E-state index in [2.05, 4.69) is 12.2 Å². The average Bonchev–Trinajstić information content (AvgIpc) is 2.93. The van der Waals surface area contributed by atoms with Crippen LogP contribution in [0, 0.1) is 0 Å². The van der Waals surface area contributed by atoms with E-state index in [4.69, 9.17) is 4.74 Å². The predicted molar refractivity (Wildman–Crippen MR) is 85.4 cm³/mol. The van der Waals surface area contributed by atoms with Gasteiger partial charge in [0.2, 0.25) is 0 Å². The predicted octanol–water partition coefficient (Wildman–Crippen LogP) is 2.70. The van der Waals surface area contributed by atoms with Gasteiger partial charge in [-0.1, -0.05) is 31.5 Å². The van der Waals surface area contributed by atoms with E-state index in [1.807, 2.05) is 24.3 Å². The number of hydrogen-bond donors (Lipinski definition) is 1. The molecule has 2 rings (SSSR count).